The maximum absolute atomic E-state index is 13.9. The Balaban J connectivity index is 1.27. The summed E-state index contributed by atoms with van der Waals surface area (Å²) in [5, 5.41) is 6.22. The molecule has 214 valence electrons. The van der Waals surface area contributed by atoms with Gasteiger partial charge in [0.25, 0.3) is 0 Å². The first-order valence-corrected chi connectivity index (χ1v) is 14.2. The minimum Gasteiger partial charge on any atom is -0.494 e. The minimum absolute atomic E-state index is 0.126. The van der Waals surface area contributed by atoms with Gasteiger partial charge < -0.3 is 19.2 Å². The van der Waals surface area contributed by atoms with E-state index < -0.39 is 11.9 Å². The van der Waals surface area contributed by atoms with Crippen molar-refractivity contribution in [2.45, 2.75) is 19.3 Å². The number of para-hydroxylation sites is 1. The molecule has 1 unspecified atom stereocenters. The lowest BCUT2D eigenvalue weighted by atomic mass is 9.89. The third kappa shape index (κ3) is 6.14. The monoisotopic (exact) mass is 569 g/mol. The maximum atomic E-state index is 13.9. The number of rotatable bonds is 9. The molecule has 0 spiro atoms. The Labute approximate surface area is 249 Å². The molecular weight excluding hydrogens is 538 g/mol. The van der Waals surface area contributed by atoms with Crippen LogP contribution >= 0.6 is 0 Å². The Morgan fingerprint density at radius 2 is 1.53 bits per heavy atom. The van der Waals surface area contributed by atoms with Crippen molar-refractivity contribution in [2.24, 2.45) is 0 Å². The molecule has 1 heterocycles. The van der Waals surface area contributed by atoms with Gasteiger partial charge in [-0.25, -0.2) is 4.79 Å². The summed E-state index contributed by atoms with van der Waals surface area (Å²) in [6.45, 7) is 2.56. The van der Waals surface area contributed by atoms with Crippen LogP contribution in [0.5, 0.6) is 5.75 Å². The Morgan fingerprint density at radius 1 is 0.791 bits per heavy atom. The van der Waals surface area contributed by atoms with Gasteiger partial charge in [-0.2, -0.15) is 0 Å². The van der Waals surface area contributed by atoms with E-state index in [0.29, 0.717) is 24.3 Å². The number of carbonyl (C=O) groups is 2. The summed E-state index contributed by atoms with van der Waals surface area (Å²) in [5.41, 5.74) is 4.75. The molecule has 6 heteroatoms. The van der Waals surface area contributed by atoms with Crippen molar-refractivity contribution in [1.82, 2.24) is 0 Å². The van der Waals surface area contributed by atoms with Crippen LogP contribution in [0.4, 0.5) is 5.69 Å². The lowest BCUT2D eigenvalue weighted by Crippen LogP contribution is -2.23. The van der Waals surface area contributed by atoms with Gasteiger partial charge >= 0.3 is 5.97 Å². The highest BCUT2D eigenvalue weighted by molar-refractivity contribution is 5.97. The van der Waals surface area contributed by atoms with Crippen LogP contribution in [0.15, 0.2) is 120 Å². The quantitative estimate of drug-likeness (QED) is 0.177. The summed E-state index contributed by atoms with van der Waals surface area (Å²) in [7, 11) is 1.36. The van der Waals surface area contributed by atoms with Gasteiger partial charge in [0.15, 0.2) is 0 Å². The van der Waals surface area contributed by atoms with E-state index in [1.54, 1.807) is 12.1 Å². The SMILES string of the molecule is CCOc1ccc2cc(C(Cc3ccc(C(=O)OC)cc3)C(=O)Nc3ccc(-c4cc5ccccc5o4)cc3)ccc2c1. The molecule has 6 rings (SSSR count). The molecular formula is C37H31NO5. The minimum atomic E-state index is -0.477. The Bertz CT molecular complexity index is 1870. The number of nitrogens with one attached hydrogen (secondary N) is 1. The van der Waals surface area contributed by atoms with Crippen LogP contribution in [-0.4, -0.2) is 25.6 Å². The summed E-state index contributed by atoms with van der Waals surface area (Å²) in [5.74, 6) is 0.589. The van der Waals surface area contributed by atoms with Crippen LogP contribution in [0.25, 0.3) is 33.1 Å². The number of fused-ring (bicyclic) bond motifs is 2. The van der Waals surface area contributed by atoms with Gasteiger partial charge in [-0.15, -0.1) is 0 Å². The molecule has 0 saturated heterocycles. The zero-order valence-corrected chi connectivity index (χ0v) is 24.0. The van der Waals surface area contributed by atoms with Gasteiger partial charge in [0.1, 0.15) is 17.1 Å². The lowest BCUT2D eigenvalue weighted by molar-refractivity contribution is -0.117. The fraction of sp³-hybridized carbons (Fsp3) is 0.135. The fourth-order valence-electron chi connectivity index (χ4n) is 5.28. The van der Waals surface area contributed by atoms with E-state index in [1.807, 2.05) is 104 Å². The molecule has 5 aromatic carbocycles. The van der Waals surface area contributed by atoms with E-state index >= 15 is 0 Å². The number of benzene rings is 5. The topological polar surface area (TPSA) is 77.8 Å². The van der Waals surface area contributed by atoms with Crippen LogP contribution < -0.4 is 10.1 Å². The highest BCUT2D eigenvalue weighted by atomic mass is 16.5. The van der Waals surface area contributed by atoms with E-state index in [9.17, 15) is 9.59 Å². The van der Waals surface area contributed by atoms with Gasteiger partial charge in [0.05, 0.1) is 25.2 Å². The summed E-state index contributed by atoms with van der Waals surface area (Å²) in [4.78, 5) is 25.8. The largest absolute Gasteiger partial charge is 0.494 e. The second-order valence-electron chi connectivity index (χ2n) is 10.4. The van der Waals surface area contributed by atoms with Crippen molar-refractivity contribution in [1.29, 1.82) is 0 Å². The second-order valence-corrected chi connectivity index (χ2v) is 10.4. The van der Waals surface area contributed by atoms with Crippen LogP contribution in [0, 0.1) is 0 Å². The maximum Gasteiger partial charge on any atom is 0.337 e. The van der Waals surface area contributed by atoms with Crippen LogP contribution in [-0.2, 0) is 16.0 Å². The lowest BCUT2D eigenvalue weighted by Gasteiger charge is -2.19. The van der Waals surface area contributed by atoms with Crippen molar-refractivity contribution < 1.29 is 23.5 Å². The number of anilines is 1. The van der Waals surface area contributed by atoms with Crippen molar-refractivity contribution in [3.63, 3.8) is 0 Å². The molecule has 0 saturated carbocycles. The van der Waals surface area contributed by atoms with Crippen LogP contribution in [0.2, 0.25) is 0 Å². The Kier molecular flexibility index (Phi) is 7.92. The summed E-state index contributed by atoms with van der Waals surface area (Å²) in [6.07, 6.45) is 0.451. The third-order valence-corrected chi connectivity index (χ3v) is 7.54. The molecule has 0 aliphatic heterocycles. The number of carbonyl (C=O) groups excluding carboxylic acids is 2. The molecule has 0 aliphatic rings. The fourth-order valence-corrected chi connectivity index (χ4v) is 5.28. The van der Waals surface area contributed by atoms with Gasteiger partial charge in [0, 0.05) is 16.6 Å². The molecule has 0 fully saturated rings. The first kappa shape index (κ1) is 27.8. The van der Waals surface area contributed by atoms with Crippen molar-refractivity contribution in [2.75, 3.05) is 19.0 Å². The molecule has 0 radical (unpaired) electrons. The number of amides is 1. The number of hydrogen-bond acceptors (Lipinski definition) is 5. The number of hydrogen-bond donors (Lipinski definition) is 1. The predicted molar refractivity (Wildman–Crippen MR) is 170 cm³/mol. The number of ether oxygens (including phenoxy) is 2. The number of esters is 1. The first-order chi connectivity index (χ1) is 21.0. The second kappa shape index (κ2) is 12.2. The molecule has 1 amide bonds. The molecule has 6 nitrogen and oxygen atoms in total. The molecule has 6 aromatic rings. The summed E-state index contributed by atoms with van der Waals surface area (Å²) in [6, 6.07) is 36.8. The van der Waals surface area contributed by atoms with Crippen molar-refractivity contribution in [3.05, 3.63) is 132 Å². The zero-order chi connectivity index (χ0) is 29.8. The standard InChI is InChI=1S/C37H31NO5/c1-3-42-32-19-16-27-21-29(13-12-28(27)22-32)33(20-24-8-10-26(11-9-24)37(40)41-2)36(39)38-31-17-14-25(15-18-31)35-23-30-6-4-5-7-34(30)43-35/h4-19,21-23,33H,3,20H2,1-2H3,(H,38,39). The molecule has 43 heavy (non-hydrogen) atoms. The normalized spacial score (nSPS) is 11.8. The molecule has 1 aromatic heterocycles. The highest BCUT2D eigenvalue weighted by Gasteiger charge is 2.22. The van der Waals surface area contributed by atoms with E-state index in [1.165, 1.54) is 7.11 Å². The Morgan fingerprint density at radius 3 is 2.28 bits per heavy atom. The van der Waals surface area contributed by atoms with Gasteiger partial charge in [-0.1, -0.05) is 54.6 Å². The van der Waals surface area contributed by atoms with Gasteiger partial charge in [-0.3, -0.25) is 4.79 Å². The zero-order valence-electron chi connectivity index (χ0n) is 24.0. The summed E-state index contributed by atoms with van der Waals surface area (Å²) < 4.78 is 16.5. The number of methoxy groups -OCH3 is 1. The van der Waals surface area contributed by atoms with E-state index in [2.05, 4.69) is 11.4 Å². The van der Waals surface area contributed by atoms with E-state index in [4.69, 9.17) is 13.9 Å². The molecule has 0 bridgehead atoms. The number of furan rings is 1. The molecule has 1 N–H and O–H groups in total. The van der Waals surface area contributed by atoms with Gasteiger partial charge in [-0.05, 0) is 95.9 Å². The van der Waals surface area contributed by atoms with Crippen LogP contribution in [0.3, 0.4) is 0 Å². The van der Waals surface area contributed by atoms with Crippen molar-refractivity contribution >= 4 is 39.3 Å². The summed E-state index contributed by atoms with van der Waals surface area (Å²) >= 11 is 0. The third-order valence-electron chi connectivity index (χ3n) is 7.54. The predicted octanol–water partition coefficient (Wildman–Crippen LogP) is 8.40. The average Bonchev–Trinajstić information content (AvgIpc) is 3.48. The smallest absolute Gasteiger partial charge is 0.337 e. The molecule has 0 aliphatic carbocycles. The van der Waals surface area contributed by atoms with E-state index in [0.717, 1.165) is 49.9 Å². The highest BCUT2D eigenvalue weighted by Crippen LogP contribution is 2.31. The van der Waals surface area contributed by atoms with Crippen LogP contribution in [0.1, 0.15) is 34.3 Å². The first-order valence-electron chi connectivity index (χ1n) is 14.2. The molecule has 1 atom stereocenters. The van der Waals surface area contributed by atoms with E-state index in [-0.39, 0.29) is 5.91 Å². The van der Waals surface area contributed by atoms with Crippen molar-refractivity contribution in [3.8, 4) is 17.1 Å². The van der Waals surface area contributed by atoms with Gasteiger partial charge in [0.2, 0.25) is 5.91 Å². The Hall–Kier alpha value is -5.36. The average molecular weight is 570 g/mol.